The minimum Gasteiger partial charge on any atom is -1.00 e. The molecule has 0 aliphatic heterocycles. The van der Waals surface area contributed by atoms with Crippen molar-refractivity contribution >= 4 is 23.0 Å². The highest BCUT2D eigenvalue weighted by Crippen LogP contribution is 2.27. The van der Waals surface area contributed by atoms with Gasteiger partial charge >= 0.3 is 0 Å². The van der Waals surface area contributed by atoms with Gasteiger partial charge in [-0.05, 0) is 25.2 Å². The Morgan fingerprint density at radius 1 is 1.37 bits per heavy atom. The van der Waals surface area contributed by atoms with Gasteiger partial charge in [0.05, 0.1) is 4.92 Å². The van der Waals surface area contributed by atoms with E-state index in [2.05, 4.69) is 24.1 Å². The Bertz CT molecular complexity index is 412. The molecule has 0 radical (unpaired) electrons. The van der Waals surface area contributed by atoms with Crippen LogP contribution in [-0.2, 0) is 0 Å². The van der Waals surface area contributed by atoms with Crippen LogP contribution >= 0.6 is 11.6 Å². The zero-order valence-corrected chi connectivity index (χ0v) is 12.5. The quantitative estimate of drug-likeness (QED) is 0.569. The van der Waals surface area contributed by atoms with Crippen molar-refractivity contribution in [2.75, 3.05) is 31.5 Å². The topological polar surface area (TPSA) is 58.4 Å². The molecule has 1 aromatic carbocycles. The molecule has 0 spiro atoms. The number of nitro groups is 1. The summed E-state index contributed by atoms with van der Waals surface area (Å²) in [5, 5.41) is 14.3. The Kier molecular flexibility index (Phi) is 8.47. The monoisotopic (exact) mass is 306 g/mol. The summed E-state index contributed by atoms with van der Waals surface area (Å²) >= 11 is 5.75. The fourth-order valence-corrected chi connectivity index (χ4v) is 1.86. The van der Waals surface area contributed by atoms with Crippen molar-refractivity contribution < 1.29 is 17.3 Å². The van der Waals surface area contributed by atoms with Gasteiger partial charge in [-0.2, -0.15) is 0 Å². The van der Waals surface area contributed by atoms with E-state index in [-0.39, 0.29) is 18.1 Å². The van der Waals surface area contributed by atoms with Crippen molar-refractivity contribution in [1.82, 2.24) is 4.90 Å². The minimum atomic E-state index is -0.425. The number of benzene rings is 1. The second-order valence-electron chi connectivity index (χ2n) is 3.87. The lowest BCUT2D eigenvalue weighted by atomic mass is 10.2. The first-order valence-corrected chi connectivity index (χ1v) is 6.36. The average molecular weight is 307 g/mol. The zero-order chi connectivity index (χ0) is 13.5. The van der Waals surface area contributed by atoms with Crippen LogP contribution in [0.25, 0.3) is 0 Å². The molecular weight excluding hydrogens is 289 g/mol. The van der Waals surface area contributed by atoms with Crippen LogP contribution in [0.5, 0.6) is 0 Å². The van der Waals surface area contributed by atoms with E-state index < -0.39 is 4.92 Å². The third-order valence-corrected chi connectivity index (χ3v) is 3.03. The van der Waals surface area contributed by atoms with E-state index in [0.717, 1.165) is 19.6 Å². The van der Waals surface area contributed by atoms with Gasteiger partial charge in [-0.1, -0.05) is 25.4 Å². The average Bonchev–Trinajstić information content (AvgIpc) is 2.36. The van der Waals surface area contributed by atoms with Crippen molar-refractivity contribution in [2.45, 2.75) is 13.8 Å². The standard InChI is InChI=1S/C12H18ClN3O2.ClH/c1-3-15(4-2)8-7-14-11-6-5-10(13)9-12(11)16(17)18;/h5-6,9,14H,3-4,7-8H2,1-2H3;1H/p-1. The van der Waals surface area contributed by atoms with Gasteiger partial charge in [-0.25, -0.2) is 0 Å². The van der Waals surface area contributed by atoms with Gasteiger partial charge in [0.25, 0.3) is 5.69 Å². The molecule has 0 unspecified atom stereocenters. The summed E-state index contributed by atoms with van der Waals surface area (Å²) in [5.41, 5.74) is 0.526. The summed E-state index contributed by atoms with van der Waals surface area (Å²) < 4.78 is 0. The molecule has 1 N–H and O–H groups in total. The molecule has 5 nitrogen and oxygen atoms in total. The van der Waals surface area contributed by atoms with Gasteiger partial charge in [0.2, 0.25) is 0 Å². The van der Waals surface area contributed by atoms with Gasteiger partial charge < -0.3 is 22.6 Å². The largest absolute Gasteiger partial charge is 1.00 e. The number of likely N-dealkylation sites (N-methyl/N-ethyl adjacent to an activating group) is 1. The van der Waals surface area contributed by atoms with Crippen molar-refractivity contribution in [1.29, 1.82) is 0 Å². The molecule has 0 aliphatic rings. The molecule has 0 heterocycles. The number of anilines is 1. The second-order valence-corrected chi connectivity index (χ2v) is 4.31. The van der Waals surface area contributed by atoms with Crippen LogP contribution in [0, 0.1) is 10.1 Å². The summed E-state index contributed by atoms with van der Waals surface area (Å²) in [7, 11) is 0. The Hall–Kier alpha value is -1.04. The van der Waals surface area contributed by atoms with Crippen LogP contribution < -0.4 is 17.7 Å². The van der Waals surface area contributed by atoms with Gasteiger partial charge in [-0.15, -0.1) is 0 Å². The lowest BCUT2D eigenvalue weighted by molar-refractivity contribution is -0.383. The molecule has 0 aromatic heterocycles. The predicted molar refractivity (Wildman–Crippen MR) is 74.4 cm³/mol. The van der Waals surface area contributed by atoms with Crippen LogP contribution in [0.1, 0.15) is 13.8 Å². The SMILES string of the molecule is CCN(CC)CCNc1ccc(Cl)cc1[N+](=O)[O-].[Cl-]. The van der Waals surface area contributed by atoms with Crippen LogP contribution in [0.4, 0.5) is 11.4 Å². The van der Waals surface area contributed by atoms with Crippen molar-refractivity contribution in [3.8, 4) is 0 Å². The molecular formula is C12H18Cl2N3O2-. The lowest BCUT2D eigenvalue weighted by Crippen LogP contribution is -3.00. The Labute approximate surface area is 124 Å². The highest BCUT2D eigenvalue weighted by Gasteiger charge is 2.13. The van der Waals surface area contributed by atoms with Crippen LogP contribution in [-0.4, -0.2) is 36.0 Å². The molecule has 0 fully saturated rings. The molecule has 108 valence electrons. The first-order chi connectivity index (χ1) is 8.58. The highest BCUT2D eigenvalue weighted by molar-refractivity contribution is 6.30. The van der Waals surface area contributed by atoms with Gasteiger partial charge in [0.1, 0.15) is 5.69 Å². The zero-order valence-electron chi connectivity index (χ0n) is 11.0. The van der Waals surface area contributed by atoms with Gasteiger partial charge in [0, 0.05) is 24.2 Å². The molecule has 7 heteroatoms. The van der Waals surface area contributed by atoms with Gasteiger partial charge in [0.15, 0.2) is 0 Å². The van der Waals surface area contributed by atoms with Crippen molar-refractivity contribution in [3.63, 3.8) is 0 Å². The minimum absolute atomic E-state index is 0. The van der Waals surface area contributed by atoms with Gasteiger partial charge in [-0.3, -0.25) is 10.1 Å². The maximum Gasteiger partial charge on any atom is 0.293 e. The fourth-order valence-electron chi connectivity index (χ4n) is 1.69. The number of nitrogens with one attached hydrogen (secondary N) is 1. The molecule has 1 rings (SSSR count). The van der Waals surface area contributed by atoms with Crippen molar-refractivity contribution in [2.24, 2.45) is 0 Å². The Balaban J connectivity index is 0.00000324. The number of hydrogen-bond donors (Lipinski definition) is 1. The first-order valence-electron chi connectivity index (χ1n) is 5.98. The molecule has 1 aromatic rings. The number of nitro benzene ring substituents is 1. The van der Waals surface area contributed by atoms with E-state index in [0.29, 0.717) is 17.3 Å². The molecule has 0 saturated carbocycles. The van der Waals surface area contributed by atoms with E-state index in [1.807, 2.05) is 0 Å². The van der Waals surface area contributed by atoms with Crippen molar-refractivity contribution in [3.05, 3.63) is 33.3 Å². The summed E-state index contributed by atoms with van der Waals surface area (Å²) in [6.07, 6.45) is 0. The normalized spacial score (nSPS) is 10.1. The van der Waals surface area contributed by atoms with E-state index in [9.17, 15) is 10.1 Å². The first kappa shape index (κ1) is 18.0. The summed E-state index contributed by atoms with van der Waals surface area (Å²) in [6, 6.07) is 4.65. The maximum absolute atomic E-state index is 10.9. The number of halogens is 2. The molecule has 0 bridgehead atoms. The molecule has 0 aliphatic carbocycles. The van der Waals surface area contributed by atoms with E-state index in [4.69, 9.17) is 11.6 Å². The van der Waals surface area contributed by atoms with Crippen LogP contribution in [0.3, 0.4) is 0 Å². The van der Waals surface area contributed by atoms with E-state index in [1.54, 1.807) is 12.1 Å². The summed E-state index contributed by atoms with van der Waals surface area (Å²) in [6.45, 7) is 7.65. The summed E-state index contributed by atoms with van der Waals surface area (Å²) in [4.78, 5) is 12.7. The molecule has 19 heavy (non-hydrogen) atoms. The van der Waals surface area contributed by atoms with Crippen LogP contribution in [0.15, 0.2) is 18.2 Å². The highest BCUT2D eigenvalue weighted by atomic mass is 35.5. The third kappa shape index (κ3) is 5.63. The third-order valence-electron chi connectivity index (χ3n) is 2.79. The number of rotatable bonds is 7. The predicted octanol–water partition coefficient (Wildman–Crippen LogP) is 0.00590. The second kappa shape index (κ2) is 8.96. The lowest BCUT2D eigenvalue weighted by Gasteiger charge is -2.18. The van der Waals surface area contributed by atoms with E-state index in [1.165, 1.54) is 6.07 Å². The number of hydrogen-bond acceptors (Lipinski definition) is 4. The summed E-state index contributed by atoms with van der Waals surface area (Å²) in [5.74, 6) is 0. The Morgan fingerprint density at radius 2 is 2.00 bits per heavy atom. The molecule has 0 atom stereocenters. The molecule has 0 saturated heterocycles. The maximum atomic E-state index is 10.9. The fraction of sp³-hybridized carbons (Fsp3) is 0.500. The smallest absolute Gasteiger partial charge is 0.293 e. The van der Waals surface area contributed by atoms with E-state index >= 15 is 0 Å². The molecule has 0 amide bonds. The van der Waals surface area contributed by atoms with Crippen LogP contribution in [0.2, 0.25) is 5.02 Å². The Morgan fingerprint density at radius 3 is 2.53 bits per heavy atom. The number of nitrogens with zero attached hydrogens (tertiary/aromatic N) is 2.